The molecule has 7 nitrogen and oxygen atoms in total. The minimum absolute atomic E-state index is 0.0104. The van der Waals surface area contributed by atoms with Crippen LogP contribution in [0, 0.1) is 23.1 Å². The topological polar surface area (TPSA) is 79.7 Å². The number of anilines is 1. The monoisotopic (exact) mass is 682 g/mol. The molecule has 49 heavy (non-hydrogen) atoms. The number of hydrogen-bond donors (Lipinski definition) is 2. The Morgan fingerprint density at radius 3 is 2.31 bits per heavy atom. The molecule has 0 aliphatic carbocycles. The van der Waals surface area contributed by atoms with Gasteiger partial charge in [0.15, 0.2) is 11.6 Å². The van der Waals surface area contributed by atoms with E-state index in [0.29, 0.717) is 81.6 Å². The summed E-state index contributed by atoms with van der Waals surface area (Å²) in [4.78, 5) is 12.2. The molecule has 256 valence electrons. The van der Waals surface area contributed by atoms with Gasteiger partial charge in [-0.1, -0.05) is 53.5 Å². The maximum Gasteiger partial charge on any atom is 0.161 e. The van der Waals surface area contributed by atoms with E-state index in [2.05, 4.69) is 63.2 Å². The van der Waals surface area contributed by atoms with Crippen molar-refractivity contribution in [2.75, 3.05) is 37.8 Å². The number of phenolic OH excluding ortho intramolecular Hbond substituents is 1. The second kappa shape index (κ2) is 11.6. The van der Waals surface area contributed by atoms with E-state index < -0.39 is 25.1 Å². The highest BCUT2D eigenvalue weighted by Gasteiger charge is 2.51. The minimum Gasteiger partial charge on any atom is -0.508 e. The van der Waals surface area contributed by atoms with Gasteiger partial charge in [-0.25, -0.2) is 13.8 Å². The number of nitrogens with zero attached hydrogens (tertiary/aromatic N) is 3. The maximum absolute atomic E-state index is 17.4. The fourth-order valence-corrected chi connectivity index (χ4v) is 14.5. The molecule has 4 aliphatic heterocycles. The van der Waals surface area contributed by atoms with E-state index in [0.717, 1.165) is 31.6 Å². The van der Waals surface area contributed by atoms with E-state index in [4.69, 9.17) is 19.4 Å². The van der Waals surface area contributed by atoms with Gasteiger partial charge >= 0.3 is 0 Å². The molecule has 6 heterocycles. The van der Waals surface area contributed by atoms with Gasteiger partial charge in [-0.05, 0) is 53.1 Å². The fraction of sp³-hybridized carbons (Fsp3) is 0.487. The molecular weight excluding hydrogens is 639 g/mol. The van der Waals surface area contributed by atoms with Crippen molar-refractivity contribution in [3.05, 3.63) is 53.4 Å². The number of aromatic hydroxyl groups is 1. The van der Waals surface area contributed by atoms with E-state index in [1.807, 2.05) is 0 Å². The number of aromatic nitrogens is 2. The quantitative estimate of drug-likeness (QED) is 0.166. The Morgan fingerprint density at radius 1 is 0.980 bits per heavy atom. The first-order valence-electron chi connectivity index (χ1n) is 17.7. The second-order valence-corrected chi connectivity index (χ2v) is 21.2. The molecule has 3 fully saturated rings. The van der Waals surface area contributed by atoms with Crippen molar-refractivity contribution >= 4 is 35.4 Å². The number of piperazine rings is 1. The molecule has 2 atom stereocenters. The van der Waals surface area contributed by atoms with Crippen LogP contribution in [-0.4, -0.2) is 68.1 Å². The van der Waals surface area contributed by atoms with Crippen LogP contribution in [0.4, 0.5) is 14.6 Å². The third-order valence-electron chi connectivity index (χ3n) is 11.8. The number of rotatable bonds is 5. The van der Waals surface area contributed by atoms with E-state index in [1.165, 1.54) is 12.1 Å². The van der Waals surface area contributed by atoms with Crippen LogP contribution in [-0.2, 0) is 10.2 Å². The zero-order valence-electron chi connectivity index (χ0n) is 29.1. The number of pyridine rings is 2. The Hall–Kier alpha value is -3.78. The Balaban J connectivity index is 1.37. The van der Waals surface area contributed by atoms with Crippen LogP contribution >= 0.6 is 0 Å². The molecule has 10 heteroatoms. The largest absolute Gasteiger partial charge is 0.508 e. The number of hydrogen-bond acceptors (Lipinski definition) is 7. The molecule has 3 saturated heterocycles. The van der Waals surface area contributed by atoms with Gasteiger partial charge in [-0.15, -0.1) is 5.54 Å². The average Bonchev–Trinajstić information content (AvgIpc) is 3.60. The molecule has 0 amide bonds. The number of ether oxygens (including phenoxy) is 2. The number of benzene rings is 2. The maximum atomic E-state index is 17.4. The Labute approximate surface area is 287 Å². The molecule has 2 bridgehead atoms. The van der Waals surface area contributed by atoms with Crippen LogP contribution in [0.3, 0.4) is 0 Å². The van der Waals surface area contributed by atoms with Gasteiger partial charge in [-0.3, -0.25) is 4.98 Å². The smallest absolute Gasteiger partial charge is 0.161 e. The van der Waals surface area contributed by atoms with Crippen LogP contribution < -0.4 is 15.0 Å². The van der Waals surface area contributed by atoms with Gasteiger partial charge in [0.1, 0.15) is 37.8 Å². The first-order valence-corrected chi connectivity index (χ1v) is 19.9. The lowest BCUT2D eigenvalue weighted by atomic mass is 9.83. The van der Waals surface area contributed by atoms with Crippen LogP contribution in [0.1, 0.15) is 65.6 Å². The van der Waals surface area contributed by atoms with Crippen molar-refractivity contribution in [2.45, 2.75) is 88.5 Å². The van der Waals surface area contributed by atoms with Crippen LogP contribution in [0.5, 0.6) is 11.5 Å². The highest BCUT2D eigenvalue weighted by molar-refractivity contribution is 6.90. The summed E-state index contributed by atoms with van der Waals surface area (Å²) in [7, 11) is -2.24. The van der Waals surface area contributed by atoms with Crippen molar-refractivity contribution < 1.29 is 23.4 Å². The van der Waals surface area contributed by atoms with Gasteiger partial charge in [0.25, 0.3) is 0 Å². The third kappa shape index (κ3) is 4.87. The number of nitrogens with one attached hydrogen (secondary N) is 1. The Morgan fingerprint density at radius 2 is 1.67 bits per heavy atom. The van der Waals surface area contributed by atoms with Crippen LogP contribution in [0.2, 0.25) is 16.6 Å². The SMILES string of the molecule is CC(C)[Si](C#Cc1c(F)ccc2cc(O)cc(-c3ncc4c(N5CC6CCC(C5)N6)nc5c(c4c3F)OCC53COC3)c12)(C(C)C)C(C)C. The molecule has 2 aromatic heterocycles. The van der Waals surface area contributed by atoms with Crippen molar-refractivity contribution in [3.63, 3.8) is 0 Å². The van der Waals surface area contributed by atoms with Crippen molar-refractivity contribution in [1.82, 2.24) is 15.3 Å². The predicted octanol–water partition coefficient (Wildman–Crippen LogP) is 7.60. The lowest BCUT2D eigenvalue weighted by Crippen LogP contribution is -2.52. The lowest BCUT2D eigenvalue weighted by molar-refractivity contribution is -0.0682. The molecule has 2 N–H and O–H groups in total. The molecule has 4 aromatic rings. The summed E-state index contributed by atoms with van der Waals surface area (Å²) in [5, 5.41) is 16.5. The zero-order chi connectivity index (χ0) is 34.4. The first-order chi connectivity index (χ1) is 23.4. The van der Waals surface area contributed by atoms with Crippen molar-refractivity contribution in [1.29, 1.82) is 0 Å². The number of fused-ring (bicyclic) bond motifs is 7. The summed E-state index contributed by atoms with van der Waals surface area (Å²) >= 11 is 0. The first kappa shape index (κ1) is 32.4. The van der Waals surface area contributed by atoms with E-state index in [9.17, 15) is 5.11 Å². The van der Waals surface area contributed by atoms with Gasteiger partial charge in [0.05, 0.1) is 35.3 Å². The Bertz CT molecular complexity index is 2040. The summed E-state index contributed by atoms with van der Waals surface area (Å²) in [6.07, 6.45) is 3.87. The van der Waals surface area contributed by atoms with Crippen LogP contribution in [0.25, 0.3) is 32.8 Å². The predicted molar refractivity (Wildman–Crippen MR) is 192 cm³/mol. The molecule has 2 aromatic carbocycles. The van der Waals surface area contributed by atoms with Crippen molar-refractivity contribution in [2.24, 2.45) is 0 Å². The molecule has 8 rings (SSSR count). The minimum atomic E-state index is -2.24. The average molecular weight is 683 g/mol. The van der Waals surface area contributed by atoms with E-state index >= 15 is 8.78 Å². The summed E-state index contributed by atoms with van der Waals surface area (Å²) in [6, 6.07) is 6.74. The number of halogens is 2. The zero-order valence-corrected chi connectivity index (χ0v) is 30.1. The van der Waals surface area contributed by atoms with Crippen LogP contribution in [0.15, 0.2) is 30.5 Å². The number of phenols is 1. The summed E-state index contributed by atoms with van der Waals surface area (Å²) in [5.41, 5.74) is 5.50. The molecule has 2 unspecified atom stereocenters. The highest BCUT2D eigenvalue weighted by Crippen LogP contribution is 2.50. The van der Waals surface area contributed by atoms with Gasteiger partial charge in [0.2, 0.25) is 0 Å². The highest BCUT2D eigenvalue weighted by atomic mass is 28.3. The summed E-state index contributed by atoms with van der Waals surface area (Å²) in [6.45, 7) is 16.1. The fourth-order valence-electron chi connectivity index (χ4n) is 9.30. The molecule has 4 aliphatic rings. The Kier molecular flexibility index (Phi) is 7.70. The molecule has 1 spiro atoms. The summed E-state index contributed by atoms with van der Waals surface area (Å²) in [5.74, 6) is 3.29. The summed E-state index contributed by atoms with van der Waals surface area (Å²) < 4.78 is 45.3. The lowest BCUT2D eigenvalue weighted by Gasteiger charge is -2.38. The third-order valence-corrected chi connectivity index (χ3v) is 18.1. The normalized spacial score (nSPS) is 21.1. The second-order valence-electron chi connectivity index (χ2n) is 15.6. The molecule has 0 saturated carbocycles. The molecular formula is C39H44F2N4O3Si. The van der Waals surface area contributed by atoms with E-state index in [1.54, 1.807) is 18.3 Å². The van der Waals surface area contributed by atoms with Gasteiger partial charge < -0.3 is 24.8 Å². The standard InChI is InChI=1S/C39H44F2N4O3Si/c1-21(2)49(22(3)4,23(5)6)12-11-28-31(40)10-7-24-13-27(46)14-29(32(24)28)35-34(41)33-30(15-42-35)38(45-16-25-8-9-26(17-45)43-25)44-37-36(33)48-20-39(37)18-47-19-39/h7,10,13-15,21-23,25-26,43,46H,8-9,16-20H2,1-6H3. The van der Waals surface area contributed by atoms with Gasteiger partial charge in [0, 0.05) is 47.7 Å². The van der Waals surface area contributed by atoms with Gasteiger partial charge in [-0.2, -0.15) is 0 Å². The van der Waals surface area contributed by atoms with Crippen molar-refractivity contribution in [3.8, 4) is 34.2 Å². The van der Waals surface area contributed by atoms with E-state index in [-0.39, 0.29) is 22.6 Å². The molecule has 0 radical (unpaired) electrons.